The fourth-order valence-electron chi connectivity index (χ4n) is 1.95. The van der Waals surface area contributed by atoms with E-state index in [2.05, 4.69) is 16.0 Å². The number of thiophene rings is 1. The molecule has 1 aromatic carbocycles. The monoisotopic (exact) mass is 299 g/mol. The van der Waals surface area contributed by atoms with Gasteiger partial charge in [-0.1, -0.05) is 17.7 Å². The van der Waals surface area contributed by atoms with Crippen molar-refractivity contribution in [2.45, 2.75) is 6.92 Å². The smallest absolute Gasteiger partial charge is 0.149 e. The third kappa shape index (κ3) is 2.46. The molecule has 5 heteroatoms. The van der Waals surface area contributed by atoms with Gasteiger partial charge in [-0.2, -0.15) is 5.26 Å². The molecule has 98 valence electrons. The number of hydrogen-bond donors (Lipinski definition) is 1. The Kier molecular flexibility index (Phi) is 3.31. The minimum atomic E-state index is 0.498. The predicted molar refractivity (Wildman–Crippen MR) is 83.6 cm³/mol. The summed E-state index contributed by atoms with van der Waals surface area (Å²) < 4.78 is 0.703. The summed E-state index contributed by atoms with van der Waals surface area (Å²) in [6.07, 6.45) is 1.79. The Morgan fingerprint density at radius 2 is 2.25 bits per heavy atom. The minimum absolute atomic E-state index is 0.498. The third-order valence-corrected chi connectivity index (χ3v) is 4.07. The van der Waals surface area contributed by atoms with Crippen LogP contribution in [0.25, 0.3) is 22.7 Å². The number of rotatable bonds is 2. The molecule has 0 saturated heterocycles. The molecule has 0 spiro atoms. The van der Waals surface area contributed by atoms with Crippen molar-refractivity contribution in [3.63, 3.8) is 0 Å². The lowest BCUT2D eigenvalue weighted by Crippen LogP contribution is -1.83. The molecule has 0 unspecified atom stereocenters. The Labute approximate surface area is 125 Å². The Balaban J connectivity index is 2.07. The van der Waals surface area contributed by atoms with Crippen LogP contribution in [0.2, 0.25) is 4.34 Å². The maximum absolute atomic E-state index is 9.32. The largest absolute Gasteiger partial charge is 0.337 e. The summed E-state index contributed by atoms with van der Waals surface area (Å²) in [7, 11) is 0. The zero-order valence-corrected chi connectivity index (χ0v) is 12.2. The Morgan fingerprint density at radius 3 is 2.95 bits per heavy atom. The molecule has 3 aromatic rings. The molecule has 0 aliphatic rings. The number of nitrogens with one attached hydrogen (secondary N) is 1. The first-order valence-corrected chi connectivity index (χ1v) is 7.19. The zero-order chi connectivity index (χ0) is 14.1. The van der Waals surface area contributed by atoms with Crippen LogP contribution in [0.4, 0.5) is 0 Å². The third-order valence-electron chi connectivity index (χ3n) is 2.89. The van der Waals surface area contributed by atoms with Gasteiger partial charge in [0.05, 0.1) is 20.9 Å². The van der Waals surface area contributed by atoms with Crippen LogP contribution in [0, 0.1) is 18.3 Å². The molecular formula is C15H10ClN3S. The van der Waals surface area contributed by atoms with Gasteiger partial charge in [-0.3, -0.25) is 0 Å². The normalized spacial score (nSPS) is 11.8. The number of halogens is 1. The SMILES string of the molecule is Cc1ccc2nc(/C(C#N)=C/c3ccc(Cl)s3)[nH]c2c1. The first kappa shape index (κ1) is 12.9. The molecule has 0 amide bonds. The molecule has 3 nitrogen and oxygen atoms in total. The zero-order valence-electron chi connectivity index (χ0n) is 10.6. The predicted octanol–water partition coefficient (Wildman–Crippen LogP) is 4.65. The van der Waals surface area contributed by atoms with Crippen molar-refractivity contribution in [2.75, 3.05) is 0 Å². The van der Waals surface area contributed by atoms with Crippen LogP contribution in [0.5, 0.6) is 0 Å². The van der Waals surface area contributed by atoms with Gasteiger partial charge in [0.15, 0.2) is 0 Å². The number of imidazole rings is 1. The standard InChI is InChI=1S/C15H10ClN3S/c1-9-2-4-12-13(6-9)19-15(18-12)10(8-17)7-11-3-5-14(16)20-11/h2-7H,1H3,(H,18,19)/b10-7+. The van der Waals surface area contributed by atoms with Crippen molar-refractivity contribution in [1.29, 1.82) is 5.26 Å². The van der Waals surface area contributed by atoms with Crippen molar-refractivity contribution in [3.05, 3.63) is 50.9 Å². The first-order chi connectivity index (χ1) is 9.65. The lowest BCUT2D eigenvalue weighted by molar-refractivity contribution is 1.27. The van der Waals surface area contributed by atoms with Crippen molar-refractivity contribution in [1.82, 2.24) is 9.97 Å². The molecule has 0 atom stereocenters. The molecule has 3 rings (SSSR count). The number of benzene rings is 1. The lowest BCUT2D eigenvalue weighted by Gasteiger charge is -1.91. The average molecular weight is 300 g/mol. The van der Waals surface area contributed by atoms with Crippen LogP contribution in [0.3, 0.4) is 0 Å². The highest BCUT2D eigenvalue weighted by Gasteiger charge is 2.08. The van der Waals surface area contributed by atoms with Crippen LogP contribution >= 0.6 is 22.9 Å². The fraction of sp³-hybridized carbons (Fsp3) is 0.0667. The van der Waals surface area contributed by atoms with Gasteiger partial charge in [0, 0.05) is 4.88 Å². The number of nitrogens with zero attached hydrogens (tertiary/aromatic N) is 2. The molecule has 0 saturated carbocycles. The summed E-state index contributed by atoms with van der Waals surface area (Å²) in [5.41, 5.74) is 3.44. The second-order valence-corrected chi connectivity index (χ2v) is 6.16. The van der Waals surface area contributed by atoms with Gasteiger partial charge in [-0.15, -0.1) is 11.3 Å². The molecule has 1 N–H and O–H groups in total. The van der Waals surface area contributed by atoms with Crippen molar-refractivity contribution in [2.24, 2.45) is 0 Å². The van der Waals surface area contributed by atoms with E-state index in [1.54, 1.807) is 6.08 Å². The van der Waals surface area contributed by atoms with Crippen molar-refractivity contribution >= 4 is 45.6 Å². The van der Waals surface area contributed by atoms with Gasteiger partial charge in [0.2, 0.25) is 0 Å². The molecule has 0 aliphatic heterocycles. The molecule has 0 fully saturated rings. The van der Waals surface area contributed by atoms with Crippen molar-refractivity contribution in [3.8, 4) is 6.07 Å². The van der Waals surface area contributed by atoms with Gasteiger partial charge in [0.1, 0.15) is 11.9 Å². The van der Waals surface area contributed by atoms with E-state index in [0.29, 0.717) is 15.7 Å². The number of aryl methyl sites for hydroxylation is 1. The number of nitriles is 1. The topological polar surface area (TPSA) is 52.5 Å². The minimum Gasteiger partial charge on any atom is -0.337 e. The second-order valence-electron chi connectivity index (χ2n) is 4.42. The van der Waals surface area contributed by atoms with Crippen LogP contribution in [0.15, 0.2) is 30.3 Å². The van der Waals surface area contributed by atoms with E-state index in [1.165, 1.54) is 11.3 Å². The van der Waals surface area contributed by atoms with Crippen molar-refractivity contribution < 1.29 is 0 Å². The Bertz CT molecular complexity index is 852. The van der Waals surface area contributed by atoms with Gasteiger partial charge in [-0.05, 0) is 42.8 Å². The maximum atomic E-state index is 9.32. The highest BCUT2D eigenvalue weighted by molar-refractivity contribution is 7.17. The lowest BCUT2D eigenvalue weighted by atomic mass is 10.2. The van der Waals surface area contributed by atoms with E-state index in [4.69, 9.17) is 11.6 Å². The first-order valence-electron chi connectivity index (χ1n) is 5.99. The van der Waals surface area contributed by atoms with Gasteiger partial charge < -0.3 is 4.98 Å². The molecule has 0 radical (unpaired) electrons. The number of fused-ring (bicyclic) bond motifs is 1. The second kappa shape index (κ2) is 5.12. The van der Waals surface area contributed by atoms with E-state index in [-0.39, 0.29) is 0 Å². The molecular weight excluding hydrogens is 290 g/mol. The summed E-state index contributed by atoms with van der Waals surface area (Å²) in [5.74, 6) is 0.581. The Hall–Kier alpha value is -2.09. The van der Waals surface area contributed by atoms with E-state index in [1.807, 2.05) is 37.3 Å². The van der Waals surface area contributed by atoms with Crippen LogP contribution in [0.1, 0.15) is 16.3 Å². The van der Waals surface area contributed by atoms with Gasteiger partial charge >= 0.3 is 0 Å². The number of H-pyrrole nitrogens is 1. The highest BCUT2D eigenvalue weighted by atomic mass is 35.5. The molecule has 0 aliphatic carbocycles. The molecule has 2 heterocycles. The quantitative estimate of drug-likeness (QED) is 0.700. The van der Waals surface area contributed by atoms with E-state index >= 15 is 0 Å². The van der Waals surface area contributed by atoms with Crippen LogP contribution < -0.4 is 0 Å². The summed E-state index contributed by atoms with van der Waals surface area (Å²) in [4.78, 5) is 8.57. The van der Waals surface area contributed by atoms with Crippen LogP contribution in [-0.4, -0.2) is 9.97 Å². The summed E-state index contributed by atoms with van der Waals surface area (Å²) in [5, 5.41) is 9.32. The van der Waals surface area contributed by atoms with Crippen LogP contribution in [-0.2, 0) is 0 Å². The fourth-order valence-corrected chi connectivity index (χ4v) is 2.96. The van der Waals surface area contributed by atoms with E-state index < -0.39 is 0 Å². The van der Waals surface area contributed by atoms with E-state index in [0.717, 1.165) is 21.5 Å². The molecule has 0 bridgehead atoms. The number of allylic oxidation sites excluding steroid dienone is 1. The number of hydrogen-bond acceptors (Lipinski definition) is 3. The average Bonchev–Trinajstić information content (AvgIpc) is 3.01. The Morgan fingerprint density at radius 1 is 1.40 bits per heavy atom. The molecule has 20 heavy (non-hydrogen) atoms. The maximum Gasteiger partial charge on any atom is 0.149 e. The number of aromatic amines is 1. The van der Waals surface area contributed by atoms with Gasteiger partial charge in [-0.25, -0.2) is 4.98 Å². The summed E-state index contributed by atoms with van der Waals surface area (Å²) >= 11 is 7.33. The van der Waals surface area contributed by atoms with E-state index in [9.17, 15) is 5.26 Å². The summed E-state index contributed by atoms with van der Waals surface area (Å²) in [6.45, 7) is 2.02. The summed E-state index contributed by atoms with van der Waals surface area (Å²) in [6, 6.07) is 11.8. The molecule has 2 aromatic heterocycles. The van der Waals surface area contributed by atoms with Gasteiger partial charge in [0.25, 0.3) is 0 Å². The highest BCUT2D eigenvalue weighted by Crippen LogP contribution is 2.26. The number of aromatic nitrogens is 2.